The fraction of sp³-hybridized carbons (Fsp3) is 1.00. The topological polar surface area (TPSA) is 3.24 Å². The SMILES string of the molecule is CCC(C)N(C)CC(C)(C)CC(C)C. The molecule has 0 aliphatic carbocycles. The first-order chi connectivity index (χ1) is 6.28. The van der Waals surface area contributed by atoms with Crippen molar-refractivity contribution in [3.63, 3.8) is 0 Å². The van der Waals surface area contributed by atoms with Crippen molar-refractivity contribution >= 4 is 0 Å². The quantitative estimate of drug-likeness (QED) is 0.629. The molecule has 0 aromatic rings. The standard InChI is InChI=1S/C13H29N/c1-8-12(4)14(7)10-13(5,6)9-11(2)3/h11-12H,8-10H2,1-7H3. The third kappa shape index (κ3) is 5.64. The zero-order chi connectivity index (χ0) is 11.4. The van der Waals surface area contributed by atoms with E-state index < -0.39 is 0 Å². The van der Waals surface area contributed by atoms with Gasteiger partial charge in [0.1, 0.15) is 0 Å². The van der Waals surface area contributed by atoms with Gasteiger partial charge >= 0.3 is 0 Å². The van der Waals surface area contributed by atoms with Crippen LogP contribution in [0.25, 0.3) is 0 Å². The van der Waals surface area contributed by atoms with Crippen LogP contribution in [0.5, 0.6) is 0 Å². The minimum atomic E-state index is 0.451. The average Bonchev–Trinajstić information content (AvgIpc) is 1.99. The van der Waals surface area contributed by atoms with Crippen molar-refractivity contribution in [2.75, 3.05) is 13.6 Å². The third-order valence-electron chi connectivity index (χ3n) is 2.98. The molecule has 0 bridgehead atoms. The van der Waals surface area contributed by atoms with Crippen molar-refractivity contribution in [3.8, 4) is 0 Å². The molecular weight excluding hydrogens is 170 g/mol. The highest BCUT2D eigenvalue weighted by atomic mass is 15.1. The molecule has 0 radical (unpaired) electrons. The van der Waals surface area contributed by atoms with Crippen molar-refractivity contribution in [3.05, 3.63) is 0 Å². The first-order valence-corrected chi connectivity index (χ1v) is 5.98. The Morgan fingerprint density at radius 3 is 2.00 bits per heavy atom. The molecule has 0 aliphatic heterocycles. The summed E-state index contributed by atoms with van der Waals surface area (Å²) in [6.45, 7) is 15.2. The Hall–Kier alpha value is -0.0400. The molecule has 1 heteroatoms. The van der Waals surface area contributed by atoms with Crippen molar-refractivity contribution in [2.45, 2.75) is 60.4 Å². The largest absolute Gasteiger partial charge is 0.303 e. The maximum Gasteiger partial charge on any atom is 0.00614 e. The molecule has 0 aromatic heterocycles. The lowest BCUT2D eigenvalue weighted by Crippen LogP contribution is -2.37. The maximum absolute atomic E-state index is 2.49. The van der Waals surface area contributed by atoms with Gasteiger partial charge in [0.25, 0.3) is 0 Å². The minimum absolute atomic E-state index is 0.451. The molecule has 1 atom stereocenters. The Morgan fingerprint density at radius 2 is 1.64 bits per heavy atom. The maximum atomic E-state index is 2.49. The van der Waals surface area contributed by atoms with Gasteiger partial charge in [-0.3, -0.25) is 0 Å². The molecule has 86 valence electrons. The van der Waals surface area contributed by atoms with Gasteiger partial charge in [-0.1, -0.05) is 34.6 Å². The fourth-order valence-corrected chi connectivity index (χ4v) is 2.31. The van der Waals surface area contributed by atoms with Crippen molar-refractivity contribution in [1.29, 1.82) is 0 Å². The van der Waals surface area contributed by atoms with Gasteiger partial charge < -0.3 is 4.90 Å². The van der Waals surface area contributed by atoms with Crippen molar-refractivity contribution in [2.24, 2.45) is 11.3 Å². The van der Waals surface area contributed by atoms with E-state index in [4.69, 9.17) is 0 Å². The second-order valence-electron chi connectivity index (χ2n) is 5.93. The lowest BCUT2D eigenvalue weighted by Gasteiger charge is -2.34. The summed E-state index contributed by atoms with van der Waals surface area (Å²) in [5, 5.41) is 0. The van der Waals surface area contributed by atoms with E-state index in [0.717, 1.165) is 5.92 Å². The number of rotatable bonds is 6. The predicted molar refractivity (Wildman–Crippen MR) is 65.6 cm³/mol. The van der Waals surface area contributed by atoms with Crippen LogP contribution in [0.3, 0.4) is 0 Å². The highest BCUT2D eigenvalue weighted by Crippen LogP contribution is 2.26. The summed E-state index contributed by atoms with van der Waals surface area (Å²) < 4.78 is 0. The lowest BCUT2D eigenvalue weighted by molar-refractivity contribution is 0.145. The van der Waals surface area contributed by atoms with Crippen LogP contribution < -0.4 is 0 Å². The summed E-state index contributed by atoms with van der Waals surface area (Å²) in [5.74, 6) is 0.801. The molecule has 0 saturated carbocycles. The monoisotopic (exact) mass is 199 g/mol. The van der Waals surface area contributed by atoms with Gasteiger partial charge in [0.05, 0.1) is 0 Å². The molecule has 0 saturated heterocycles. The van der Waals surface area contributed by atoms with Gasteiger partial charge in [-0.2, -0.15) is 0 Å². The molecular formula is C13H29N. The Bertz CT molecular complexity index is 149. The first-order valence-electron chi connectivity index (χ1n) is 5.98. The van der Waals surface area contributed by atoms with E-state index in [1.165, 1.54) is 19.4 Å². The van der Waals surface area contributed by atoms with E-state index in [1.54, 1.807) is 0 Å². The van der Waals surface area contributed by atoms with Gasteiger partial charge in [0, 0.05) is 12.6 Å². The number of hydrogen-bond donors (Lipinski definition) is 0. The van der Waals surface area contributed by atoms with Crippen LogP contribution in [-0.2, 0) is 0 Å². The number of nitrogens with zero attached hydrogens (tertiary/aromatic N) is 1. The zero-order valence-electron chi connectivity index (χ0n) is 11.2. The Balaban J connectivity index is 4.07. The van der Waals surface area contributed by atoms with Crippen LogP contribution >= 0.6 is 0 Å². The minimum Gasteiger partial charge on any atom is -0.303 e. The average molecular weight is 199 g/mol. The molecule has 1 unspecified atom stereocenters. The van der Waals surface area contributed by atoms with E-state index in [9.17, 15) is 0 Å². The molecule has 0 N–H and O–H groups in total. The zero-order valence-corrected chi connectivity index (χ0v) is 11.2. The second kappa shape index (κ2) is 5.75. The predicted octanol–water partition coefficient (Wildman–Crippen LogP) is 3.79. The fourth-order valence-electron chi connectivity index (χ4n) is 2.31. The lowest BCUT2D eigenvalue weighted by atomic mass is 9.83. The smallest absolute Gasteiger partial charge is 0.00614 e. The molecule has 0 fully saturated rings. The summed E-state index contributed by atoms with van der Waals surface area (Å²) >= 11 is 0. The van der Waals surface area contributed by atoms with Crippen LogP contribution in [0, 0.1) is 11.3 Å². The Kier molecular flexibility index (Phi) is 5.73. The van der Waals surface area contributed by atoms with Gasteiger partial charge in [-0.25, -0.2) is 0 Å². The molecule has 1 nitrogen and oxygen atoms in total. The number of hydrogen-bond acceptors (Lipinski definition) is 1. The van der Waals surface area contributed by atoms with Crippen molar-refractivity contribution in [1.82, 2.24) is 4.90 Å². The van der Waals surface area contributed by atoms with E-state index in [1.807, 2.05) is 0 Å². The Morgan fingerprint density at radius 1 is 1.14 bits per heavy atom. The second-order valence-corrected chi connectivity index (χ2v) is 5.93. The molecule has 0 aromatic carbocycles. The summed E-state index contributed by atoms with van der Waals surface area (Å²) in [6, 6.07) is 0.710. The van der Waals surface area contributed by atoms with Crippen LogP contribution in [0.4, 0.5) is 0 Å². The normalized spacial score (nSPS) is 15.2. The van der Waals surface area contributed by atoms with Crippen LogP contribution in [-0.4, -0.2) is 24.5 Å². The molecule has 0 aliphatic rings. The molecule has 0 spiro atoms. The highest BCUT2D eigenvalue weighted by Gasteiger charge is 2.22. The molecule has 0 heterocycles. The highest BCUT2D eigenvalue weighted by molar-refractivity contribution is 4.76. The summed E-state index contributed by atoms with van der Waals surface area (Å²) in [7, 11) is 2.25. The summed E-state index contributed by atoms with van der Waals surface area (Å²) in [4.78, 5) is 2.49. The van der Waals surface area contributed by atoms with Crippen LogP contribution in [0.15, 0.2) is 0 Å². The van der Waals surface area contributed by atoms with Gasteiger partial charge in [-0.05, 0) is 38.1 Å². The third-order valence-corrected chi connectivity index (χ3v) is 2.98. The van der Waals surface area contributed by atoms with Crippen LogP contribution in [0.1, 0.15) is 54.4 Å². The molecule has 0 rings (SSSR count). The van der Waals surface area contributed by atoms with E-state index in [2.05, 4.69) is 53.5 Å². The molecule has 14 heavy (non-hydrogen) atoms. The van der Waals surface area contributed by atoms with Gasteiger partial charge in [-0.15, -0.1) is 0 Å². The van der Waals surface area contributed by atoms with Gasteiger partial charge in [0.15, 0.2) is 0 Å². The summed E-state index contributed by atoms with van der Waals surface area (Å²) in [6.07, 6.45) is 2.56. The van der Waals surface area contributed by atoms with Crippen LogP contribution in [0.2, 0.25) is 0 Å². The van der Waals surface area contributed by atoms with Crippen molar-refractivity contribution < 1.29 is 0 Å². The van der Waals surface area contributed by atoms with E-state index >= 15 is 0 Å². The van der Waals surface area contributed by atoms with E-state index in [0.29, 0.717) is 11.5 Å². The Labute approximate surface area is 90.9 Å². The van der Waals surface area contributed by atoms with Gasteiger partial charge in [0.2, 0.25) is 0 Å². The van der Waals surface area contributed by atoms with E-state index in [-0.39, 0.29) is 0 Å². The summed E-state index contributed by atoms with van der Waals surface area (Å²) in [5.41, 5.74) is 0.451. The first kappa shape index (κ1) is 14.0. The molecule has 0 amide bonds.